The van der Waals surface area contributed by atoms with Crippen molar-refractivity contribution in [1.29, 1.82) is 0 Å². The van der Waals surface area contributed by atoms with E-state index in [9.17, 15) is 0 Å². The molecule has 2 saturated heterocycles. The highest BCUT2D eigenvalue weighted by Gasteiger charge is 2.34. The fourth-order valence-corrected chi connectivity index (χ4v) is 3.63. The molecule has 1 aromatic carbocycles. The smallest absolute Gasteiger partial charge is 0.246 e. The Balaban J connectivity index is 1.51. The topological polar surface area (TPSA) is 63.4 Å². The van der Waals surface area contributed by atoms with Gasteiger partial charge in [0.25, 0.3) is 0 Å². The molecule has 2 aliphatic rings. The Morgan fingerprint density at radius 1 is 1.24 bits per heavy atom. The van der Waals surface area contributed by atoms with Gasteiger partial charge in [-0.1, -0.05) is 23.4 Å². The summed E-state index contributed by atoms with van der Waals surface area (Å²) in [6.07, 6.45) is 3.43. The maximum atomic E-state index is 5.60. The van der Waals surface area contributed by atoms with Crippen LogP contribution >= 0.6 is 0 Å². The Bertz CT molecular complexity index is 703. The van der Waals surface area contributed by atoms with Crippen LogP contribution < -0.4 is 5.32 Å². The van der Waals surface area contributed by atoms with Gasteiger partial charge in [0.2, 0.25) is 11.7 Å². The number of piperidine rings is 1. The average Bonchev–Trinajstić information content (AvgIpc) is 3.15. The van der Waals surface area contributed by atoms with Gasteiger partial charge >= 0.3 is 0 Å². The summed E-state index contributed by atoms with van der Waals surface area (Å²) in [4.78, 5) is 7.10. The highest BCUT2D eigenvalue weighted by atomic mass is 16.5. The number of aromatic nitrogens is 2. The van der Waals surface area contributed by atoms with Crippen LogP contribution in [0.15, 0.2) is 28.8 Å². The second-order valence-electron chi connectivity index (χ2n) is 7.23. The standard InChI is InChI=1S/C19H26N4O2/c1-19(7-2-3-8-20-19)18-21-17(22-25-18)16-6-4-5-15(13-16)14-23-9-11-24-12-10-23/h4-6,13,20H,2-3,7-12,14H2,1H3. The van der Waals surface area contributed by atoms with Crippen molar-refractivity contribution in [1.82, 2.24) is 20.4 Å². The molecule has 2 aliphatic heterocycles. The first kappa shape index (κ1) is 16.7. The predicted octanol–water partition coefficient (Wildman–Crippen LogP) is 2.56. The molecule has 0 saturated carbocycles. The highest BCUT2D eigenvalue weighted by Crippen LogP contribution is 2.30. The minimum Gasteiger partial charge on any atom is -0.379 e. The second-order valence-corrected chi connectivity index (χ2v) is 7.23. The van der Waals surface area contributed by atoms with Crippen LogP contribution in [0.5, 0.6) is 0 Å². The van der Waals surface area contributed by atoms with Crippen LogP contribution in [0.25, 0.3) is 11.4 Å². The van der Waals surface area contributed by atoms with Crippen LogP contribution in [0.1, 0.15) is 37.6 Å². The van der Waals surface area contributed by atoms with Crippen LogP contribution in [-0.2, 0) is 16.8 Å². The third-order valence-electron chi connectivity index (χ3n) is 5.21. The molecular weight excluding hydrogens is 316 g/mol. The van der Waals surface area contributed by atoms with E-state index in [0.717, 1.165) is 51.4 Å². The van der Waals surface area contributed by atoms with Crippen molar-refractivity contribution in [3.63, 3.8) is 0 Å². The molecular formula is C19H26N4O2. The van der Waals surface area contributed by atoms with Crippen LogP contribution in [0, 0.1) is 0 Å². The van der Waals surface area contributed by atoms with Crippen LogP contribution in [-0.4, -0.2) is 47.9 Å². The number of morpholine rings is 1. The summed E-state index contributed by atoms with van der Waals surface area (Å²) in [5, 5.41) is 7.76. The lowest BCUT2D eigenvalue weighted by molar-refractivity contribution is 0.0342. The molecule has 2 aromatic rings. The maximum Gasteiger partial charge on any atom is 0.246 e. The zero-order valence-electron chi connectivity index (χ0n) is 14.8. The van der Waals surface area contributed by atoms with E-state index < -0.39 is 0 Å². The summed E-state index contributed by atoms with van der Waals surface area (Å²) in [6, 6.07) is 8.44. The Morgan fingerprint density at radius 2 is 2.12 bits per heavy atom. The van der Waals surface area contributed by atoms with Crippen molar-refractivity contribution in [3.8, 4) is 11.4 Å². The molecule has 0 bridgehead atoms. The zero-order chi connectivity index (χ0) is 17.1. The van der Waals surface area contributed by atoms with Gasteiger partial charge in [-0.2, -0.15) is 4.98 Å². The van der Waals surface area contributed by atoms with Crippen molar-refractivity contribution in [2.45, 2.75) is 38.3 Å². The van der Waals surface area contributed by atoms with E-state index >= 15 is 0 Å². The van der Waals surface area contributed by atoms with E-state index in [0.29, 0.717) is 11.7 Å². The van der Waals surface area contributed by atoms with Gasteiger partial charge in [0.05, 0.1) is 18.8 Å². The molecule has 3 heterocycles. The summed E-state index contributed by atoms with van der Waals surface area (Å²) in [5.74, 6) is 1.37. The maximum absolute atomic E-state index is 5.60. The van der Waals surface area contributed by atoms with Gasteiger partial charge in [-0.15, -0.1) is 0 Å². The average molecular weight is 342 g/mol. The van der Waals surface area contributed by atoms with Gasteiger partial charge in [-0.3, -0.25) is 4.90 Å². The number of ether oxygens (including phenoxy) is 1. The van der Waals surface area contributed by atoms with E-state index in [-0.39, 0.29) is 5.54 Å². The fourth-order valence-electron chi connectivity index (χ4n) is 3.63. The molecule has 1 N–H and O–H groups in total. The third kappa shape index (κ3) is 3.76. The van der Waals surface area contributed by atoms with Crippen LogP contribution in [0.3, 0.4) is 0 Å². The molecule has 4 rings (SSSR count). The number of nitrogens with one attached hydrogen (secondary N) is 1. The van der Waals surface area contributed by atoms with Crippen molar-refractivity contribution in [2.75, 3.05) is 32.8 Å². The fraction of sp³-hybridized carbons (Fsp3) is 0.579. The van der Waals surface area contributed by atoms with Crippen LogP contribution in [0.4, 0.5) is 0 Å². The lowest BCUT2D eigenvalue weighted by atomic mass is 9.91. The first-order valence-electron chi connectivity index (χ1n) is 9.22. The summed E-state index contributed by atoms with van der Waals surface area (Å²) < 4.78 is 11.0. The van der Waals surface area contributed by atoms with E-state index in [1.54, 1.807) is 0 Å². The molecule has 1 aromatic heterocycles. The molecule has 0 radical (unpaired) electrons. The van der Waals surface area contributed by atoms with Gasteiger partial charge in [0.15, 0.2) is 0 Å². The molecule has 134 valence electrons. The second kappa shape index (κ2) is 7.23. The van der Waals surface area contributed by atoms with Gasteiger partial charge in [-0.05, 0) is 44.4 Å². The molecule has 1 unspecified atom stereocenters. The molecule has 2 fully saturated rings. The van der Waals surface area contributed by atoms with Gasteiger partial charge in [-0.25, -0.2) is 0 Å². The number of benzene rings is 1. The summed E-state index contributed by atoms with van der Waals surface area (Å²) in [5.41, 5.74) is 2.09. The molecule has 1 atom stereocenters. The van der Waals surface area contributed by atoms with Crippen molar-refractivity contribution < 1.29 is 9.26 Å². The molecule has 6 nitrogen and oxygen atoms in total. The Morgan fingerprint density at radius 3 is 2.92 bits per heavy atom. The number of hydrogen-bond donors (Lipinski definition) is 1. The Labute approximate surface area is 148 Å². The van der Waals surface area contributed by atoms with E-state index in [4.69, 9.17) is 9.26 Å². The van der Waals surface area contributed by atoms with Crippen molar-refractivity contribution in [3.05, 3.63) is 35.7 Å². The minimum absolute atomic E-state index is 0.199. The first-order chi connectivity index (χ1) is 12.2. The van der Waals surface area contributed by atoms with E-state index in [1.165, 1.54) is 18.4 Å². The molecule has 25 heavy (non-hydrogen) atoms. The normalized spacial score (nSPS) is 25.2. The van der Waals surface area contributed by atoms with Crippen molar-refractivity contribution >= 4 is 0 Å². The lowest BCUT2D eigenvalue weighted by Crippen LogP contribution is -2.43. The zero-order valence-corrected chi connectivity index (χ0v) is 14.8. The van der Waals surface area contributed by atoms with Crippen LogP contribution in [0.2, 0.25) is 0 Å². The Hall–Kier alpha value is -1.76. The lowest BCUT2D eigenvalue weighted by Gasteiger charge is -2.31. The van der Waals surface area contributed by atoms with E-state index in [1.807, 2.05) is 6.07 Å². The summed E-state index contributed by atoms with van der Waals surface area (Å²) in [6.45, 7) is 7.70. The number of nitrogens with zero attached hydrogens (tertiary/aromatic N) is 3. The van der Waals surface area contributed by atoms with Gasteiger partial charge in [0.1, 0.15) is 0 Å². The molecule has 0 amide bonds. The largest absolute Gasteiger partial charge is 0.379 e. The number of rotatable bonds is 4. The number of hydrogen-bond acceptors (Lipinski definition) is 6. The highest BCUT2D eigenvalue weighted by molar-refractivity contribution is 5.55. The third-order valence-corrected chi connectivity index (χ3v) is 5.21. The van der Waals surface area contributed by atoms with E-state index in [2.05, 4.69) is 45.5 Å². The monoisotopic (exact) mass is 342 g/mol. The minimum atomic E-state index is -0.199. The first-order valence-corrected chi connectivity index (χ1v) is 9.22. The Kier molecular flexibility index (Phi) is 4.83. The SMILES string of the molecule is CC1(c2nc(-c3cccc(CN4CCOCC4)c3)no2)CCCCN1. The quantitative estimate of drug-likeness (QED) is 0.921. The summed E-state index contributed by atoms with van der Waals surface area (Å²) in [7, 11) is 0. The summed E-state index contributed by atoms with van der Waals surface area (Å²) >= 11 is 0. The molecule has 6 heteroatoms. The molecule has 0 aliphatic carbocycles. The predicted molar refractivity (Wildman–Crippen MR) is 95.0 cm³/mol. The van der Waals surface area contributed by atoms with Crippen molar-refractivity contribution in [2.24, 2.45) is 0 Å². The van der Waals surface area contributed by atoms with Gasteiger partial charge < -0.3 is 14.6 Å². The molecule has 0 spiro atoms. The van der Waals surface area contributed by atoms with Gasteiger partial charge in [0, 0.05) is 25.2 Å².